The summed E-state index contributed by atoms with van der Waals surface area (Å²) in [5, 5.41) is 25.4. The van der Waals surface area contributed by atoms with Gasteiger partial charge in [0.15, 0.2) is 0 Å². The van der Waals surface area contributed by atoms with Crippen LogP contribution in [-0.2, 0) is 0 Å². The van der Waals surface area contributed by atoms with Crippen LogP contribution in [0.1, 0.15) is 11.1 Å². The molecule has 0 aromatic heterocycles. The fourth-order valence-corrected chi connectivity index (χ4v) is 2.18. The Bertz CT molecular complexity index is 382. The molecule has 1 unspecified atom stereocenters. The highest BCUT2D eigenvalue weighted by atomic mass is 32.2. The fraction of sp³-hybridized carbons (Fsp3) is 0.364. The molecule has 0 aliphatic heterocycles. The zero-order chi connectivity index (χ0) is 12.1. The van der Waals surface area contributed by atoms with Crippen LogP contribution in [0.4, 0.5) is 0 Å². The number of rotatable bonds is 5. The number of aliphatic hydroxyl groups is 2. The van der Waals surface area contributed by atoms with Gasteiger partial charge in [-0.15, -0.1) is 11.8 Å². The first-order valence-corrected chi connectivity index (χ1v) is 5.90. The summed E-state index contributed by atoms with van der Waals surface area (Å²) in [6, 6.07) is 5.65. The van der Waals surface area contributed by atoms with Crippen LogP contribution in [0.15, 0.2) is 23.1 Å². The van der Waals surface area contributed by atoms with Gasteiger partial charge in [0.05, 0.1) is 12.7 Å². The summed E-state index contributed by atoms with van der Waals surface area (Å²) in [5.74, 6) is 0.407. The Morgan fingerprint density at radius 1 is 1.56 bits per heavy atom. The van der Waals surface area contributed by atoms with Crippen molar-refractivity contribution in [1.29, 1.82) is 5.41 Å². The van der Waals surface area contributed by atoms with Crippen LogP contribution in [0, 0.1) is 12.3 Å². The van der Waals surface area contributed by atoms with Gasteiger partial charge in [-0.3, -0.25) is 5.41 Å². The van der Waals surface area contributed by atoms with Crippen molar-refractivity contribution in [2.75, 3.05) is 12.4 Å². The van der Waals surface area contributed by atoms with E-state index in [1.807, 2.05) is 25.1 Å². The maximum Gasteiger partial charge on any atom is 0.123 e. The van der Waals surface area contributed by atoms with E-state index in [0.717, 1.165) is 10.5 Å². The minimum atomic E-state index is -0.744. The number of aryl methyl sites for hydroxylation is 1. The zero-order valence-corrected chi connectivity index (χ0v) is 9.92. The second-order valence-electron chi connectivity index (χ2n) is 3.56. The third kappa shape index (κ3) is 3.52. The topological polar surface area (TPSA) is 90.3 Å². The summed E-state index contributed by atoms with van der Waals surface area (Å²) >= 11 is 1.39. The number of hydrogen-bond donors (Lipinski definition) is 4. The molecule has 0 saturated heterocycles. The predicted octanol–water partition coefficient (Wildman–Crippen LogP) is 0.724. The summed E-state index contributed by atoms with van der Waals surface area (Å²) in [6.07, 6.45) is -0.744. The van der Waals surface area contributed by atoms with Gasteiger partial charge < -0.3 is 15.9 Å². The van der Waals surface area contributed by atoms with E-state index in [-0.39, 0.29) is 12.4 Å². The molecule has 0 amide bonds. The van der Waals surface area contributed by atoms with Crippen LogP contribution in [0.25, 0.3) is 0 Å². The summed E-state index contributed by atoms with van der Waals surface area (Å²) in [5.41, 5.74) is 7.20. The summed E-state index contributed by atoms with van der Waals surface area (Å²) in [4.78, 5) is 0.852. The molecule has 16 heavy (non-hydrogen) atoms. The fourth-order valence-electron chi connectivity index (χ4n) is 1.22. The van der Waals surface area contributed by atoms with Crippen molar-refractivity contribution in [3.8, 4) is 0 Å². The van der Waals surface area contributed by atoms with Crippen LogP contribution in [0.5, 0.6) is 0 Å². The van der Waals surface area contributed by atoms with Crippen molar-refractivity contribution in [3.63, 3.8) is 0 Å². The van der Waals surface area contributed by atoms with Gasteiger partial charge in [-0.05, 0) is 19.1 Å². The quantitative estimate of drug-likeness (QED) is 0.347. The molecule has 0 spiro atoms. The van der Waals surface area contributed by atoms with Crippen molar-refractivity contribution in [2.45, 2.75) is 17.9 Å². The molecular formula is C11H16N2O2S. The molecule has 0 saturated carbocycles. The number of nitrogens with one attached hydrogen (secondary N) is 1. The monoisotopic (exact) mass is 240 g/mol. The summed E-state index contributed by atoms with van der Waals surface area (Å²) in [7, 11) is 0. The summed E-state index contributed by atoms with van der Waals surface area (Å²) in [6.45, 7) is 1.68. The number of benzene rings is 1. The zero-order valence-electron chi connectivity index (χ0n) is 9.10. The van der Waals surface area contributed by atoms with Crippen molar-refractivity contribution >= 4 is 17.6 Å². The second kappa shape index (κ2) is 5.89. The van der Waals surface area contributed by atoms with Gasteiger partial charge in [0.2, 0.25) is 0 Å². The van der Waals surface area contributed by atoms with Crippen molar-refractivity contribution in [1.82, 2.24) is 0 Å². The lowest BCUT2D eigenvalue weighted by atomic mass is 10.1. The molecule has 1 rings (SSSR count). The van der Waals surface area contributed by atoms with Gasteiger partial charge in [0, 0.05) is 16.2 Å². The van der Waals surface area contributed by atoms with E-state index in [0.29, 0.717) is 11.3 Å². The Balaban J connectivity index is 2.82. The SMILES string of the molecule is Cc1ccc(SCC(O)CO)c(C(=N)N)c1. The van der Waals surface area contributed by atoms with E-state index < -0.39 is 6.10 Å². The maximum atomic E-state index is 9.25. The minimum absolute atomic E-state index is 0.0182. The molecule has 1 aromatic rings. The molecule has 0 aliphatic carbocycles. The molecule has 0 radical (unpaired) electrons. The third-order valence-corrected chi connectivity index (χ3v) is 3.29. The molecule has 1 atom stereocenters. The molecule has 4 nitrogen and oxygen atoms in total. The number of thioether (sulfide) groups is 1. The van der Waals surface area contributed by atoms with E-state index in [9.17, 15) is 5.11 Å². The number of aliphatic hydroxyl groups excluding tert-OH is 2. The van der Waals surface area contributed by atoms with Crippen LogP contribution in [0.2, 0.25) is 0 Å². The maximum absolute atomic E-state index is 9.25. The van der Waals surface area contributed by atoms with E-state index in [4.69, 9.17) is 16.2 Å². The van der Waals surface area contributed by atoms with Crippen molar-refractivity contribution in [3.05, 3.63) is 29.3 Å². The Kier molecular flexibility index (Phi) is 4.79. The average molecular weight is 240 g/mol. The molecule has 88 valence electrons. The largest absolute Gasteiger partial charge is 0.394 e. The van der Waals surface area contributed by atoms with E-state index in [1.165, 1.54) is 11.8 Å². The highest BCUT2D eigenvalue weighted by molar-refractivity contribution is 7.99. The predicted molar refractivity (Wildman–Crippen MR) is 66.0 cm³/mol. The van der Waals surface area contributed by atoms with E-state index in [2.05, 4.69) is 0 Å². The van der Waals surface area contributed by atoms with Crippen molar-refractivity contribution in [2.24, 2.45) is 5.73 Å². The highest BCUT2D eigenvalue weighted by Crippen LogP contribution is 2.24. The molecular weight excluding hydrogens is 224 g/mol. The van der Waals surface area contributed by atoms with Crippen LogP contribution in [-0.4, -0.2) is 34.5 Å². The first-order chi connectivity index (χ1) is 7.54. The molecule has 1 aromatic carbocycles. The molecule has 0 heterocycles. The van der Waals surface area contributed by atoms with Crippen molar-refractivity contribution < 1.29 is 10.2 Å². The van der Waals surface area contributed by atoms with Gasteiger partial charge in [-0.25, -0.2) is 0 Å². The van der Waals surface area contributed by atoms with E-state index >= 15 is 0 Å². The molecule has 0 bridgehead atoms. The van der Waals surface area contributed by atoms with Gasteiger partial charge in [0.1, 0.15) is 5.84 Å². The standard InChI is InChI=1S/C11H16N2O2S/c1-7-2-3-10(9(4-7)11(12)13)16-6-8(15)5-14/h2-4,8,14-15H,5-6H2,1H3,(H3,12,13). The Morgan fingerprint density at radius 2 is 2.25 bits per heavy atom. The van der Waals surface area contributed by atoms with Gasteiger partial charge in [-0.1, -0.05) is 11.6 Å². The van der Waals surface area contributed by atoms with Crippen LogP contribution < -0.4 is 5.73 Å². The Morgan fingerprint density at radius 3 is 2.81 bits per heavy atom. The highest BCUT2D eigenvalue weighted by Gasteiger charge is 2.09. The van der Waals surface area contributed by atoms with Gasteiger partial charge in [-0.2, -0.15) is 0 Å². The lowest BCUT2D eigenvalue weighted by molar-refractivity contribution is 0.113. The average Bonchev–Trinajstić information content (AvgIpc) is 2.26. The Hall–Kier alpha value is -1.04. The number of nitrogen functional groups attached to an aromatic ring is 1. The lowest BCUT2D eigenvalue weighted by Gasteiger charge is -2.11. The second-order valence-corrected chi connectivity index (χ2v) is 4.62. The smallest absolute Gasteiger partial charge is 0.123 e. The molecule has 5 N–H and O–H groups in total. The first-order valence-electron chi connectivity index (χ1n) is 4.91. The molecule has 0 fully saturated rings. The minimum Gasteiger partial charge on any atom is -0.394 e. The number of nitrogens with two attached hydrogens (primary N) is 1. The first kappa shape index (κ1) is 13.0. The van der Waals surface area contributed by atoms with E-state index in [1.54, 1.807) is 0 Å². The molecule has 5 heteroatoms. The summed E-state index contributed by atoms with van der Waals surface area (Å²) < 4.78 is 0. The van der Waals surface area contributed by atoms with Gasteiger partial charge >= 0.3 is 0 Å². The van der Waals surface area contributed by atoms with Crippen LogP contribution in [0.3, 0.4) is 0 Å². The van der Waals surface area contributed by atoms with Gasteiger partial charge in [0.25, 0.3) is 0 Å². The molecule has 0 aliphatic rings. The van der Waals surface area contributed by atoms with Crippen LogP contribution >= 0.6 is 11.8 Å². The normalized spacial score (nSPS) is 12.4. The number of amidine groups is 1. The third-order valence-electron chi connectivity index (χ3n) is 2.07. The number of hydrogen-bond acceptors (Lipinski definition) is 4. The lowest BCUT2D eigenvalue weighted by Crippen LogP contribution is -2.16. The Labute approximate surface area is 99.0 Å².